The van der Waals surface area contributed by atoms with Gasteiger partial charge in [0.05, 0.1) is 31.1 Å². The van der Waals surface area contributed by atoms with Crippen LogP contribution in [0.15, 0.2) is 28.9 Å². The Morgan fingerprint density at radius 1 is 1.34 bits per heavy atom. The Morgan fingerprint density at radius 3 is 2.90 bits per heavy atom. The highest BCUT2D eigenvalue weighted by atomic mass is 16.5. The Balaban J connectivity index is 1.56. The van der Waals surface area contributed by atoms with Gasteiger partial charge in [-0.1, -0.05) is 17.3 Å². The van der Waals surface area contributed by atoms with Gasteiger partial charge in [0.25, 0.3) is 5.91 Å². The molecule has 1 aliphatic carbocycles. The lowest BCUT2D eigenvalue weighted by atomic mass is 10.0. The summed E-state index contributed by atoms with van der Waals surface area (Å²) in [6.45, 7) is 4.65. The molecule has 0 radical (unpaired) electrons. The Morgan fingerprint density at radius 2 is 2.17 bits per heavy atom. The molecule has 0 spiro atoms. The van der Waals surface area contributed by atoms with Crippen LogP contribution in [0.5, 0.6) is 0 Å². The number of hydrogen-bond donors (Lipinski definition) is 1. The summed E-state index contributed by atoms with van der Waals surface area (Å²) in [5, 5.41) is 20.2. The fraction of sp³-hybridized carbons (Fsp3) is 0.381. The smallest absolute Gasteiger partial charge is 0.255 e. The van der Waals surface area contributed by atoms with Gasteiger partial charge in [-0.2, -0.15) is 15.3 Å². The molecular weight excluding hydrogens is 368 g/mol. The lowest BCUT2D eigenvalue weighted by Crippen LogP contribution is -2.23. The van der Waals surface area contributed by atoms with Gasteiger partial charge in [0, 0.05) is 17.7 Å². The van der Waals surface area contributed by atoms with Crippen LogP contribution in [-0.2, 0) is 13.1 Å². The monoisotopic (exact) mass is 390 g/mol. The van der Waals surface area contributed by atoms with Crippen LogP contribution in [-0.4, -0.2) is 25.8 Å². The highest BCUT2D eigenvalue weighted by Gasteiger charge is 2.29. The van der Waals surface area contributed by atoms with Gasteiger partial charge in [0.1, 0.15) is 5.69 Å². The van der Waals surface area contributed by atoms with E-state index in [2.05, 4.69) is 26.6 Å². The minimum Gasteiger partial charge on any atom is -0.343 e. The summed E-state index contributed by atoms with van der Waals surface area (Å²) in [6.07, 6.45) is 4.18. The Bertz CT molecular complexity index is 1090. The Labute approximate surface area is 168 Å². The van der Waals surface area contributed by atoms with Gasteiger partial charge < -0.3 is 9.84 Å². The van der Waals surface area contributed by atoms with Gasteiger partial charge in [-0.3, -0.25) is 9.48 Å². The second-order valence-corrected chi connectivity index (χ2v) is 7.36. The number of nitrogens with one attached hydrogen (secondary N) is 1. The maximum atomic E-state index is 12.9. The zero-order valence-corrected chi connectivity index (χ0v) is 16.5. The van der Waals surface area contributed by atoms with Crippen LogP contribution in [0, 0.1) is 25.2 Å². The number of aromatic nitrogens is 4. The molecule has 0 atom stereocenters. The van der Waals surface area contributed by atoms with Crippen molar-refractivity contribution in [1.29, 1.82) is 5.26 Å². The first kappa shape index (κ1) is 18.9. The average molecular weight is 390 g/mol. The van der Waals surface area contributed by atoms with Crippen LogP contribution >= 0.6 is 0 Å². The van der Waals surface area contributed by atoms with E-state index in [0.29, 0.717) is 36.0 Å². The number of benzene rings is 1. The zero-order chi connectivity index (χ0) is 20.4. The van der Waals surface area contributed by atoms with Gasteiger partial charge in [0.15, 0.2) is 5.82 Å². The first-order valence-corrected chi connectivity index (χ1v) is 9.68. The molecule has 1 saturated carbocycles. The van der Waals surface area contributed by atoms with Crippen molar-refractivity contribution in [2.75, 3.05) is 0 Å². The summed E-state index contributed by atoms with van der Waals surface area (Å²) >= 11 is 0. The first-order chi connectivity index (χ1) is 14.0. The fourth-order valence-corrected chi connectivity index (χ4v) is 3.07. The molecular formula is C21H22N6O2. The molecule has 0 unspecified atom stereocenters. The van der Waals surface area contributed by atoms with Crippen LogP contribution in [0.1, 0.15) is 58.4 Å². The van der Waals surface area contributed by atoms with Crippen molar-refractivity contribution >= 4 is 5.91 Å². The minimum atomic E-state index is -0.271. The largest absolute Gasteiger partial charge is 0.343 e. The van der Waals surface area contributed by atoms with E-state index in [1.54, 1.807) is 10.9 Å². The molecule has 0 bridgehead atoms. The molecule has 2 aromatic heterocycles. The van der Waals surface area contributed by atoms with E-state index >= 15 is 0 Å². The molecule has 8 nitrogen and oxygen atoms in total. The maximum Gasteiger partial charge on any atom is 0.255 e. The van der Waals surface area contributed by atoms with E-state index in [-0.39, 0.29) is 12.5 Å². The second-order valence-electron chi connectivity index (χ2n) is 7.36. The topological polar surface area (TPSA) is 110 Å². The van der Waals surface area contributed by atoms with E-state index < -0.39 is 0 Å². The first-order valence-electron chi connectivity index (χ1n) is 9.68. The summed E-state index contributed by atoms with van der Waals surface area (Å²) < 4.78 is 6.86. The SMILES string of the molecule is Cc1ccc(-c2nn(CCC#N)cc2C(=O)NCc2nc(C3CC3)no2)cc1C. The molecule has 3 aromatic rings. The third-order valence-electron chi connectivity index (χ3n) is 5.07. The van der Waals surface area contributed by atoms with Crippen LogP contribution in [0.2, 0.25) is 0 Å². The molecule has 4 rings (SSSR count). The molecule has 1 aromatic carbocycles. The summed E-state index contributed by atoms with van der Waals surface area (Å²) in [5.41, 5.74) is 4.20. The van der Waals surface area contributed by atoms with Crippen molar-refractivity contribution in [1.82, 2.24) is 25.2 Å². The van der Waals surface area contributed by atoms with Crippen molar-refractivity contribution < 1.29 is 9.32 Å². The van der Waals surface area contributed by atoms with Crippen LogP contribution in [0.4, 0.5) is 0 Å². The predicted octanol–water partition coefficient (Wildman–Crippen LogP) is 3.27. The number of hydrogen-bond acceptors (Lipinski definition) is 6. The van der Waals surface area contributed by atoms with E-state index in [1.165, 1.54) is 5.56 Å². The zero-order valence-electron chi connectivity index (χ0n) is 16.5. The van der Waals surface area contributed by atoms with Gasteiger partial charge >= 0.3 is 0 Å². The molecule has 148 valence electrons. The highest BCUT2D eigenvalue weighted by molar-refractivity contribution is 5.99. The second kappa shape index (κ2) is 7.87. The van der Waals surface area contributed by atoms with Gasteiger partial charge in [-0.05, 0) is 43.9 Å². The van der Waals surface area contributed by atoms with E-state index in [9.17, 15) is 4.79 Å². The number of carbonyl (C=O) groups excluding carboxylic acids is 1. The van der Waals surface area contributed by atoms with Crippen molar-refractivity contribution in [2.45, 2.75) is 52.1 Å². The van der Waals surface area contributed by atoms with Crippen molar-refractivity contribution in [3.8, 4) is 17.3 Å². The van der Waals surface area contributed by atoms with Gasteiger partial charge in [-0.25, -0.2) is 0 Å². The highest BCUT2D eigenvalue weighted by Crippen LogP contribution is 2.38. The van der Waals surface area contributed by atoms with Crippen molar-refractivity contribution in [3.63, 3.8) is 0 Å². The summed E-state index contributed by atoms with van der Waals surface area (Å²) in [6, 6.07) is 8.09. The van der Waals surface area contributed by atoms with Crippen molar-refractivity contribution in [3.05, 3.63) is 52.8 Å². The molecule has 1 amide bonds. The number of nitriles is 1. The molecule has 1 fully saturated rings. The number of amides is 1. The van der Waals surface area contributed by atoms with Crippen LogP contribution < -0.4 is 5.32 Å². The molecule has 2 heterocycles. The fourth-order valence-electron chi connectivity index (χ4n) is 3.07. The van der Waals surface area contributed by atoms with Gasteiger partial charge in [0.2, 0.25) is 5.89 Å². The Kier molecular flexibility index (Phi) is 5.12. The third kappa shape index (κ3) is 4.19. The van der Waals surface area contributed by atoms with Crippen LogP contribution in [0.3, 0.4) is 0 Å². The third-order valence-corrected chi connectivity index (χ3v) is 5.07. The summed E-state index contributed by atoms with van der Waals surface area (Å²) in [4.78, 5) is 17.2. The van der Waals surface area contributed by atoms with Crippen molar-refractivity contribution in [2.24, 2.45) is 0 Å². The predicted molar refractivity (Wildman–Crippen MR) is 105 cm³/mol. The number of carbonyl (C=O) groups is 1. The van der Waals surface area contributed by atoms with Gasteiger partial charge in [-0.15, -0.1) is 0 Å². The Hall–Kier alpha value is -3.47. The molecule has 1 aliphatic rings. The molecule has 8 heteroatoms. The average Bonchev–Trinajstić information content (AvgIpc) is 3.30. The van der Waals surface area contributed by atoms with E-state index in [4.69, 9.17) is 9.78 Å². The lowest BCUT2D eigenvalue weighted by Gasteiger charge is -2.06. The number of aryl methyl sites for hydroxylation is 3. The normalized spacial score (nSPS) is 13.3. The molecule has 1 N–H and O–H groups in total. The number of rotatable bonds is 7. The summed E-state index contributed by atoms with van der Waals surface area (Å²) in [7, 11) is 0. The summed E-state index contributed by atoms with van der Waals surface area (Å²) in [5.74, 6) is 1.24. The van der Waals surface area contributed by atoms with E-state index in [0.717, 1.165) is 29.8 Å². The molecule has 0 saturated heterocycles. The standard InChI is InChI=1S/C21H22N6O2/c1-13-4-5-16(10-14(13)2)19-17(12-27(25-19)9-3-8-22)21(28)23-11-18-24-20(26-29-18)15-6-7-15/h4-5,10,12,15H,3,6-7,9,11H2,1-2H3,(H,23,28). The van der Waals surface area contributed by atoms with E-state index in [1.807, 2.05) is 32.0 Å². The number of nitrogens with zero attached hydrogens (tertiary/aromatic N) is 5. The lowest BCUT2D eigenvalue weighted by molar-refractivity contribution is 0.0947. The quantitative estimate of drug-likeness (QED) is 0.663. The minimum absolute atomic E-state index is 0.161. The van der Waals surface area contributed by atoms with Crippen LogP contribution in [0.25, 0.3) is 11.3 Å². The molecule has 29 heavy (non-hydrogen) atoms. The maximum absolute atomic E-state index is 12.9. The molecule has 0 aliphatic heterocycles.